The Labute approximate surface area is 297 Å². The summed E-state index contributed by atoms with van der Waals surface area (Å²) in [5, 5.41) is 2.19. The van der Waals surface area contributed by atoms with Crippen LogP contribution in [0.4, 0.5) is 17.1 Å². The molecule has 0 saturated carbocycles. The highest BCUT2D eigenvalue weighted by Gasteiger charge is 2.46. The molecule has 1 aliphatic rings. The maximum Gasteiger partial charge on any atom is 0.137 e. The van der Waals surface area contributed by atoms with Crippen LogP contribution in [-0.4, -0.2) is 0 Å². The van der Waals surface area contributed by atoms with Gasteiger partial charge in [0.1, 0.15) is 11.2 Å². The van der Waals surface area contributed by atoms with Gasteiger partial charge in [0.05, 0.1) is 16.5 Å². The molecule has 9 aromatic rings. The molecule has 0 saturated heterocycles. The van der Waals surface area contributed by atoms with Crippen molar-refractivity contribution in [1.82, 2.24) is 0 Å². The van der Waals surface area contributed by atoms with Gasteiger partial charge in [-0.3, -0.25) is 0 Å². The number of hydrogen-bond donors (Lipinski definition) is 0. The second-order valence-electron chi connectivity index (χ2n) is 13.3. The third-order valence-electron chi connectivity index (χ3n) is 10.6. The van der Waals surface area contributed by atoms with E-state index in [9.17, 15) is 0 Å². The van der Waals surface area contributed by atoms with E-state index in [0.717, 1.165) is 39.0 Å². The molecule has 0 aliphatic heterocycles. The molecule has 0 radical (unpaired) electrons. The van der Waals surface area contributed by atoms with E-state index >= 15 is 0 Å². The van der Waals surface area contributed by atoms with E-state index < -0.39 is 5.41 Å². The largest absolute Gasteiger partial charge is 0.456 e. The van der Waals surface area contributed by atoms with Gasteiger partial charge in [0.25, 0.3) is 0 Å². The van der Waals surface area contributed by atoms with Crippen molar-refractivity contribution in [3.05, 3.63) is 222 Å². The van der Waals surface area contributed by atoms with Gasteiger partial charge in [0, 0.05) is 16.8 Å². The van der Waals surface area contributed by atoms with Crippen LogP contribution in [0.5, 0.6) is 0 Å². The molecule has 0 bridgehead atoms. The van der Waals surface area contributed by atoms with Crippen LogP contribution in [0.1, 0.15) is 22.3 Å². The first-order valence-corrected chi connectivity index (χ1v) is 17.5. The third kappa shape index (κ3) is 4.50. The Morgan fingerprint density at radius 1 is 0.392 bits per heavy atom. The first kappa shape index (κ1) is 29.3. The van der Waals surface area contributed by atoms with Crippen LogP contribution in [0, 0.1) is 0 Å². The molecule has 51 heavy (non-hydrogen) atoms. The predicted molar refractivity (Wildman–Crippen MR) is 211 cm³/mol. The number of anilines is 3. The van der Waals surface area contributed by atoms with Crippen LogP contribution in [0.15, 0.2) is 205 Å². The van der Waals surface area contributed by atoms with Crippen LogP contribution < -0.4 is 4.90 Å². The summed E-state index contributed by atoms with van der Waals surface area (Å²) in [6.07, 6.45) is 0. The molecule has 1 aliphatic carbocycles. The molecule has 0 spiro atoms. The molecule has 0 fully saturated rings. The van der Waals surface area contributed by atoms with Crippen LogP contribution in [0.25, 0.3) is 44.2 Å². The lowest BCUT2D eigenvalue weighted by molar-refractivity contribution is 0.665. The molecule has 10 rings (SSSR count). The summed E-state index contributed by atoms with van der Waals surface area (Å²) >= 11 is 0. The van der Waals surface area contributed by atoms with Gasteiger partial charge in [-0.2, -0.15) is 0 Å². The van der Waals surface area contributed by atoms with Crippen LogP contribution >= 0.6 is 0 Å². The molecule has 8 aromatic carbocycles. The van der Waals surface area contributed by atoms with Crippen molar-refractivity contribution < 1.29 is 4.42 Å². The summed E-state index contributed by atoms with van der Waals surface area (Å²) in [4.78, 5) is 2.34. The van der Waals surface area contributed by atoms with Crippen LogP contribution in [0.2, 0.25) is 0 Å². The van der Waals surface area contributed by atoms with E-state index in [1.165, 1.54) is 44.5 Å². The maximum atomic E-state index is 6.82. The lowest BCUT2D eigenvalue weighted by atomic mass is 9.67. The molecule has 0 atom stereocenters. The molecular formula is C49H33NO. The second-order valence-corrected chi connectivity index (χ2v) is 13.3. The standard InChI is InChI=1S/C49H33NO/c1-4-15-34(16-5-1)35-27-30-39(31-28-35)50(38-19-8-3-9-20-38)45-25-14-26-46-48(45)42-32-29-37(33-47(42)51-46)49(36-17-6-2-7-18-36)43-23-12-10-21-40(43)41-22-11-13-24-44(41)49/h1-33H. The number of benzene rings is 8. The van der Waals surface area contributed by atoms with Gasteiger partial charge < -0.3 is 9.32 Å². The highest BCUT2D eigenvalue weighted by molar-refractivity contribution is 6.13. The molecule has 0 unspecified atom stereocenters. The maximum absolute atomic E-state index is 6.82. The predicted octanol–water partition coefficient (Wildman–Crippen LogP) is 13.1. The molecule has 1 aromatic heterocycles. The quantitative estimate of drug-likeness (QED) is 0.178. The van der Waals surface area contributed by atoms with Crippen molar-refractivity contribution in [3.8, 4) is 22.3 Å². The van der Waals surface area contributed by atoms with Gasteiger partial charge in [0.15, 0.2) is 0 Å². The lowest BCUT2D eigenvalue weighted by Gasteiger charge is -2.33. The Hall–Kier alpha value is -6.64. The Bertz CT molecular complexity index is 2630. The summed E-state index contributed by atoms with van der Waals surface area (Å²) in [6, 6.07) is 71.9. The first-order valence-electron chi connectivity index (χ1n) is 17.5. The number of hydrogen-bond acceptors (Lipinski definition) is 2. The van der Waals surface area contributed by atoms with E-state index in [1.807, 2.05) is 0 Å². The van der Waals surface area contributed by atoms with Crippen LogP contribution in [0.3, 0.4) is 0 Å². The van der Waals surface area contributed by atoms with E-state index in [0.29, 0.717) is 0 Å². The molecule has 2 nitrogen and oxygen atoms in total. The van der Waals surface area contributed by atoms with Gasteiger partial charge in [-0.1, -0.05) is 158 Å². The molecule has 0 N–H and O–H groups in total. The lowest BCUT2D eigenvalue weighted by Crippen LogP contribution is -2.28. The number of fused-ring (bicyclic) bond motifs is 6. The van der Waals surface area contributed by atoms with Crippen molar-refractivity contribution >= 4 is 39.0 Å². The minimum atomic E-state index is -0.485. The highest BCUT2D eigenvalue weighted by Crippen LogP contribution is 2.56. The number of nitrogens with zero attached hydrogens (tertiary/aromatic N) is 1. The third-order valence-corrected chi connectivity index (χ3v) is 10.6. The van der Waals surface area contributed by atoms with E-state index in [4.69, 9.17) is 4.42 Å². The minimum Gasteiger partial charge on any atom is -0.456 e. The summed E-state index contributed by atoms with van der Waals surface area (Å²) in [5.74, 6) is 0. The zero-order valence-corrected chi connectivity index (χ0v) is 27.9. The van der Waals surface area contributed by atoms with Gasteiger partial charge in [-0.15, -0.1) is 0 Å². The van der Waals surface area contributed by atoms with Crippen molar-refractivity contribution in [2.24, 2.45) is 0 Å². The fraction of sp³-hybridized carbons (Fsp3) is 0.0204. The SMILES string of the molecule is c1ccc(-c2ccc(N(c3ccccc3)c3cccc4oc5cc(C6(c7ccccc7)c7ccccc7-c7ccccc76)ccc5c34)cc2)cc1. The Balaban J connectivity index is 1.18. The Kier molecular flexibility index (Phi) is 6.75. The normalized spacial score (nSPS) is 12.9. The van der Waals surface area contributed by atoms with E-state index in [1.54, 1.807) is 0 Å². The van der Waals surface area contributed by atoms with Gasteiger partial charge in [0.2, 0.25) is 0 Å². The summed E-state index contributed by atoms with van der Waals surface area (Å²) in [7, 11) is 0. The average Bonchev–Trinajstić information content (AvgIpc) is 3.73. The smallest absolute Gasteiger partial charge is 0.137 e. The minimum absolute atomic E-state index is 0.485. The van der Waals surface area contributed by atoms with Gasteiger partial charge in [-0.25, -0.2) is 0 Å². The highest BCUT2D eigenvalue weighted by atomic mass is 16.3. The molecule has 240 valence electrons. The summed E-state index contributed by atoms with van der Waals surface area (Å²) in [5.41, 5.74) is 14.5. The fourth-order valence-electron chi connectivity index (χ4n) is 8.38. The number of rotatable bonds is 6. The van der Waals surface area contributed by atoms with Crippen molar-refractivity contribution in [1.29, 1.82) is 0 Å². The zero-order valence-electron chi connectivity index (χ0n) is 27.9. The molecular weight excluding hydrogens is 619 g/mol. The van der Waals surface area contributed by atoms with Crippen molar-refractivity contribution in [3.63, 3.8) is 0 Å². The zero-order chi connectivity index (χ0) is 33.8. The topological polar surface area (TPSA) is 16.4 Å². The van der Waals surface area contributed by atoms with Crippen molar-refractivity contribution in [2.45, 2.75) is 5.41 Å². The van der Waals surface area contributed by atoms with Gasteiger partial charge in [-0.05, 0) is 87.0 Å². The first-order chi connectivity index (χ1) is 25.3. The monoisotopic (exact) mass is 651 g/mol. The van der Waals surface area contributed by atoms with Crippen molar-refractivity contribution in [2.75, 3.05) is 4.90 Å². The fourth-order valence-corrected chi connectivity index (χ4v) is 8.38. The average molecular weight is 652 g/mol. The molecule has 1 heterocycles. The van der Waals surface area contributed by atoms with Crippen LogP contribution in [-0.2, 0) is 5.41 Å². The summed E-state index contributed by atoms with van der Waals surface area (Å²) in [6.45, 7) is 0. The second kappa shape index (κ2) is 11.8. The Morgan fingerprint density at radius 3 is 1.65 bits per heavy atom. The number of furan rings is 1. The summed E-state index contributed by atoms with van der Waals surface area (Å²) < 4.78 is 6.82. The van der Waals surface area contributed by atoms with Gasteiger partial charge >= 0.3 is 0 Å². The van der Waals surface area contributed by atoms with E-state index in [-0.39, 0.29) is 0 Å². The molecule has 0 amide bonds. The number of para-hydroxylation sites is 1. The van der Waals surface area contributed by atoms with E-state index in [2.05, 4.69) is 205 Å². The Morgan fingerprint density at radius 2 is 0.961 bits per heavy atom. The molecule has 2 heteroatoms.